The molecule has 1 rings (SSSR count). The summed E-state index contributed by atoms with van der Waals surface area (Å²) in [5, 5.41) is 13.8. The Morgan fingerprint density at radius 2 is 2.28 bits per heavy atom. The first-order valence-electron chi connectivity index (χ1n) is 5.65. The van der Waals surface area contributed by atoms with Crippen molar-refractivity contribution in [3.63, 3.8) is 0 Å². The van der Waals surface area contributed by atoms with Crippen molar-refractivity contribution in [1.82, 2.24) is 20.6 Å². The van der Waals surface area contributed by atoms with E-state index in [1.165, 1.54) is 6.33 Å². The van der Waals surface area contributed by atoms with Gasteiger partial charge in [-0.25, -0.2) is 19.6 Å². The molecule has 0 aromatic carbocycles. The summed E-state index contributed by atoms with van der Waals surface area (Å²) in [5.74, 6) is -1.03. The van der Waals surface area contributed by atoms with Crippen LogP contribution in [0.3, 0.4) is 0 Å². The van der Waals surface area contributed by atoms with Crippen LogP contribution in [-0.4, -0.2) is 33.1 Å². The number of aromatic nitrogens is 2. The van der Waals surface area contributed by atoms with E-state index in [9.17, 15) is 9.59 Å². The Morgan fingerprint density at radius 3 is 2.83 bits per heavy atom. The van der Waals surface area contributed by atoms with Gasteiger partial charge in [0.2, 0.25) is 0 Å². The van der Waals surface area contributed by atoms with Crippen LogP contribution in [0.25, 0.3) is 0 Å². The summed E-state index contributed by atoms with van der Waals surface area (Å²) >= 11 is 0. The Labute approximate surface area is 105 Å². The lowest BCUT2D eigenvalue weighted by molar-refractivity contribution is -0.139. The maximum atomic E-state index is 11.5. The Kier molecular flexibility index (Phi) is 5.56. The summed E-state index contributed by atoms with van der Waals surface area (Å²) in [5.41, 5.74) is 0.655. The van der Waals surface area contributed by atoms with Crippen LogP contribution in [0.4, 0.5) is 4.79 Å². The molecule has 18 heavy (non-hydrogen) atoms. The summed E-state index contributed by atoms with van der Waals surface area (Å²) in [6.07, 6.45) is 4.03. The fraction of sp³-hybridized carbons (Fsp3) is 0.455. The number of rotatable bonds is 6. The van der Waals surface area contributed by atoms with Gasteiger partial charge in [-0.2, -0.15) is 0 Å². The normalized spacial score (nSPS) is 11.6. The molecule has 0 unspecified atom stereocenters. The zero-order chi connectivity index (χ0) is 13.4. The van der Waals surface area contributed by atoms with E-state index < -0.39 is 18.0 Å². The molecule has 98 valence electrons. The SMILES string of the molecule is CCC[C@H](NC(=O)NCc1ccncn1)C(=O)O. The van der Waals surface area contributed by atoms with E-state index in [4.69, 9.17) is 5.11 Å². The van der Waals surface area contributed by atoms with E-state index in [0.29, 0.717) is 18.5 Å². The van der Waals surface area contributed by atoms with Gasteiger partial charge in [-0.1, -0.05) is 13.3 Å². The number of carbonyl (C=O) groups excluding carboxylic acids is 1. The number of carbonyl (C=O) groups is 2. The van der Waals surface area contributed by atoms with Crippen molar-refractivity contribution in [3.8, 4) is 0 Å². The highest BCUT2D eigenvalue weighted by atomic mass is 16.4. The van der Waals surface area contributed by atoms with Gasteiger partial charge in [-0.3, -0.25) is 0 Å². The van der Waals surface area contributed by atoms with Crippen molar-refractivity contribution < 1.29 is 14.7 Å². The van der Waals surface area contributed by atoms with E-state index in [0.717, 1.165) is 0 Å². The summed E-state index contributed by atoms with van der Waals surface area (Å²) in [4.78, 5) is 30.0. The highest BCUT2D eigenvalue weighted by Crippen LogP contribution is 1.97. The third-order valence-electron chi connectivity index (χ3n) is 2.25. The fourth-order valence-corrected chi connectivity index (χ4v) is 1.35. The highest BCUT2D eigenvalue weighted by molar-refractivity contribution is 5.82. The Balaban J connectivity index is 2.39. The second-order valence-electron chi connectivity index (χ2n) is 3.71. The molecule has 2 amide bonds. The lowest BCUT2D eigenvalue weighted by atomic mass is 10.2. The van der Waals surface area contributed by atoms with E-state index >= 15 is 0 Å². The van der Waals surface area contributed by atoms with Crippen LogP contribution < -0.4 is 10.6 Å². The van der Waals surface area contributed by atoms with Crippen LogP contribution in [0.1, 0.15) is 25.5 Å². The highest BCUT2D eigenvalue weighted by Gasteiger charge is 2.18. The molecule has 0 saturated carbocycles. The van der Waals surface area contributed by atoms with Crippen LogP contribution in [0.15, 0.2) is 18.6 Å². The number of carboxylic acids is 1. The molecule has 3 N–H and O–H groups in total. The second-order valence-corrected chi connectivity index (χ2v) is 3.71. The van der Waals surface area contributed by atoms with Crippen LogP contribution >= 0.6 is 0 Å². The van der Waals surface area contributed by atoms with Gasteiger partial charge in [0.1, 0.15) is 12.4 Å². The molecule has 0 radical (unpaired) electrons. The lowest BCUT2D eigenvalue weighted by Crippen LogP contribution is -2.45. The maximum absolute atomic E-state index is 11.5. The molecule has 1 atom stereocenters. The van der Waals surface area contributed by atoms with Gasteiger partial charge in [-0.15, -0.1) is 0 Å². The van der Waals surface area contributed by atoms with E-state index in [-0.39, 0.29) is 6.54 Å². The lowest BCUT2D eigenvalue weighted by Gasteiger charge is -2.13. The third-order valence-corrected chi connectivity index (χ3v) is 2.25. The summed E-state index contributed by atoms with van der Waals surface area (Å²) in [6, 6.07) is 0.288. The minimum absolute atomic E-state index is 0.229. The van der Waals surface area contributed by atoms with Crippen molar-refractivity contribution in [2.45, 2.75) is 32.4 Å². The summed E-state index contributed by atoms with van der Waals surface area (Å²) in [7, 11) is 0. The number of hydrogen-bond acceptors (Lipinski definition) is 4. The van der Waals surface area contributed by atoms with Gasteiger partial charge < -0.3 is 15.7 Å². The van der Waals surface area contributed by atoms with E-state index in [1.807, 2.05) is 6.92 Å². The van der Waals surface area contributed by atoms with Crippen molar-refractivity contribution in [2.75, 3.05) is 0 Å². The molecular formula is C11H16N4O3. The first kappa shape index (κ1) is 13.9. The molecule has 0 saturated heterocycles. The van der Waals surface area contributed by atoms with Gasteiger partial charge in [0.15, 0.2) is 0 Å². The molecule has 1 aromatic rings. The van der Waals surface area contributed by atoms with Gasteiger partial charge in [0.05, 0.1) is 12.2 Å². The summed E-state index contributed by atoms with van der Waals surface area (Å²) in [6.45, 7) is 2.09. The van der Waals surface area contributed by atoms with Crippen LogP contribution in [0, 0.1) is 0 Å². The molecule has 0 spiro atoms. The van der Waals surface area contributed by atoms with Crippen LogP contribution in [-0.2, 0) is 11.3 Å². The number of aliphatic carboxylic acids is 1. The molecule has 1 heterocycles. The molecular weight excluding hydrogens is 236 g/mol. The quantitative estimate of drug-likeness (QED) is 0.685. The first-order chi connectivity index (χ1) is 8.63. The molecule has 0 aliphatic rings. The Morgan fingerprint density at radius 1 is 1.50 bits per heavy atom. The zero-order valence-corrected chi connectivity index (χ0v) is 10.1. The Hall–Kier alpha value is -2.18. The average molecular weight is 252 g/mol. The number of hydrogen-bond donors (Lipinski definition) is 3. The van der Waals surface area contributed by atoms with Gasteiger partial charge in [0, 0.05) is 6.20 Å². The summed E-state index contributed by atoms with van der Waals surface area (Å²) < 4.78 is 0. The molecule has 0 bridgehead atoms. The van der Waals surface area contributed by atoms with Gasteiger partial charge in [-0.05, 0) is 12.5 Å². The maximum Gasteiger partial charge on any atom is 0.326 e. The van der Waals surface area contributed by atoms with Crippen LogP contribution in [0.2, 0.25) is 0 Å². The minimum Gasteiger partial charge on any atom is -0.480 e. The topological polar surface area (TPSA) is 104 Å². The minimum atomic E-state index is -1.03. The average Bonchev–Trinajstić information content (AvgIpc) is 2.37. The molecule has 0 aliphatic heterocycles. The molecule has 0 aliphatic carbocycles. The standard InChI is InChI=1S/C11H16N4O3/c1-2-3-9(10(16)17)15-11(18)13-6-8-4-5-12-7-14-8/h4-5,7,9H,2-3,6H2,1H3,(H,16,17)(H2,13,15,18)/t9-/m0/s1. The van der Waals surface area contributed by atoms with Gasteiger partial charge >= 0.3 is 12.0 Å². The molecule has 0 fully saturated rings. The smallest absolute Gasteiger partial charge is 0.326 e. The van der Waals surface area contributed by atoms with E-state index in [2.05, 4.69) is 20.6 Å². The first-order valence-corrected chi connectivity index (χ1v) is 5.65. The largest absolute Gasteiger partial charge is 0.480 e. The van der Waals surface area contributed by atoms with Crippen molar-refractivity contribution in [1.29, 1.82) is 0 Å². The zero-order valence-electron chi connectivity index (χ0n) is 10.1. The number of carboxylic acid groups (broad SMARTS) is 1. The number of urea groups is 1. The number of nitrogens with zero attached hydrogens (tertiary/aromatic N) is 2. The predicted molar refractivity (Wildman–Crippen MR) is 63.7 cm³/mol. The number of nitrogens with one attached hydrogen (secondary N) is 2. The fourth-order valence-electron chi connectivity index (χ4n) is 1.35. The van der Waals surface area contributed by atoms with E-state index in [1.54, 1.807) is 12.3 Å². The monoisotopic (exact) mass is 252 g/mol. The van der Waals surface area contributed by atoms with Crippen molar-refractivity contribution >= 4 is 12.0 Å². The number of amides is 2. The molecule has 1 aromatic heterocycles. The predicted octanol–water partition coefficient (Wildman–Crippen LogP) is 0.529. The van der Waals surface area contributed by atoms with Crippen molar-refractivity contribution in [2.24, 2.45) is 0 Å². The van der Waals surface area contributed by atoms with Crippen molar-refractivity contribution in [3.05, 3.63) is 24.3 Å². The third kappa shape index (κ3) is 4.77. The van der Waals surface area contributed by atoms with Crippen LogP contribution in [0.5, 0.6) is 0 Å². The Bertz CT molecular complexity index is 397. The molecule has 7 nitrogen and oxygen atoms in total. The van der Waals surface area contributed by atoms with Gasteiger partial charge in [0.25, 0.3) is 0 Å². The second kappa shape index (κ2) is 7.21. The molecule has 7 heteroatoms.